The zero-order valence-corrected chi connectivity index (χ0v) is 20.2. The van der Waals surface area contributed by atoms with Gasteiger partial charge in [-0.05, 0) is 37.1 Å². The molecule has 1 N–H and O–H groups in total. The first kappa shape index (κ1) is 21.2. The van der Waals surface area contributed by atoms with Crippen molar-refractivity contribution in [2.24, 2.45) is 14.1 Å². The Morgan fingerprint density at radius 3 is 2.09 bits per heavy atom. The summed E-state index contributed by atoms with van der Waals surface area (Å²) in [5, 5.41) is 4.24. The molecule has 0 bridgehead atoms. The van der Waals surface area contributed by atoms with Gasteiger partial charge in [-0.1, -0.05) is 71.8 Å². The fourth-order valence-electron chi connectivity index (χ4n) is 5.21. The van der Waals surface area contributed by atoms with E-state index in [1.54, 1.807) is 18.7 Å². The Labute approximate surface area is 202 Å². The predicted octanol–water partition coefficient (Wildman–Crippen LogP) is 4.83. The highest BCUT2D eigenvalue weighted by molar-refractivity contribution is 5.99. The number of hydrogen-bond acceptors (Lipinski definition) is 3. The van der Waals surface area contributed by atoms with Crippen molar-refractivity contribution in [2.75, 3.05) is 5.32 Å². The summed E-state index contributed by atoms with van der Waals surface area (Å²) in [6, 6.07) is 24.5. The third-order valence-corrected chi connectivity index (χ3v) is 7.06. The van der Waals surface area contributed by atoms with E-state index in [1.807, 2.05) is 31.2 Å². The van der Waals surface area contributed by atoms with Crippen LogP contribution in [0.1, 0.15) is 28.4 Å². The smallest absolute Gasteiger partial charge is 0.331 e. The molecule has 1 aliphatic rings. The van der Waals surface area contributed by atoms with Gasteiger partial charge in [0.25, 0.3) is 5.56 Å². The lowest BCUT2D eigenvalue weighted by molar-refractivity contribution is 0.708. The number of nitrogens with one attached hydrogen (secondary N) is 1. The largest absolute Gasteiger partial charge is 0.371 e. The van der Waals surface area contributed by atoms with Gasteiger partial charge < -0.3 is 9.88 Å². The van der Waals surface area contributed by atoms with Crippen LogP contribution in [0.3, 0.4) is 0 Å². The topological polar surface area (TPSA) is 61.0 Å². The molecule has 1 atom stereocenters. The van der Waals surface area contributed by atoms with Crippen molar-refractivity contribution < 1.29 is 0 Å². The highest BCUT2D eigenvalue weighted by atomic mass is 16.2. The predicted molar refractivity (Wildman–Crippen MR) is 141 cm³/mol. The second kappa shape index (κ2) is 7.60. The Bertz CT molecular complexity index is 1740. The molecule has 2 aromatic heterocycles. The maximum absolute atomic E-state index is 13.7. The van der Waals surface area contributed by atoms with E-state index in [9.17, 15) is 9.59 Å². The van der Waals surface area contributed by atoms with Crippen molar-refractivity contribution in [3.8, 4) is 16.9 Å². The Kier molecular flexibility index (Phi) is 4.61. The number of hydrogen-bond donors (Lipinski definition) is 1. The van der Waals surface area contributed by atoms with Crippen molar-refractivity contribution in [3.05, 3.63) is 116 Å². The van der Waals surface area contributed by atoms with Crippen LogP contribution >= 0.6 is 0 Å². The highest BCUT2D eigenvalue weighted by Gasteiger charge is 2.34. The van der Waals surface area contributed by atoms with Crippen LogP contribution in [0.4, 0.5) is 5.69 Å². The van der Waals surface area contributed by atoms with Gasteiger partial charge in [-0.2, -0.15) is 0 Å². The summed E-state index contributed by atoms with van der Waals surface area (Å²) in [5.74, 6) is 0. The molecular formula is C29H26N4O2. The molecule has 0 unspecified atom stereocenters. The fraction of sp³-hybridized carbons (Fsp3) is 0.172. The molecule has 0 amide bonds. The molecule has 0 spiro atoms. The van der Waals surface area contributed by atoms with Gasteiger partial charge >= 0.3 is 5.69 Å². The maximum atomic E-state index is 13.7. The lowest BCUT2D eigenvalue weighted by Crippen LogP contribution is -2.37. The number of aryl methyl sites for hydroxylation is 3. The molecule has 6 heteroatoms. The number of fused-ring (bicyclic) bond motifs is 5. The van der Waals surface area contributed by atoms with E-state index in [0.717, 1.165) is 39.5 Å². The fourth-order valence-corrected chi connectivity index (χ4v) is 5.21. The molecule has 6 rings (SSSR count). The molecule has 0 saturated carbocycles. The Balaban J connectivity index is 1.85. The number of rotatable bonds is 2. The van der Waals surface area contributed by atoms with Gasteiger partial charge in [0, 0.05) is 14.1 Å². The van der Waals surface area contributed by atoms with Crippen LogP contribution in [0, 0.1) is 13.8 Å². The third kappa shape index (κ3) is 3.03. The van der Waals surface area contributed by atoms with Crippen molar-refractivity contribution in [1.29, 1.82) is 0 Å². The van der Waals surface area contributed by atoms with Crippen LogP contribution < -0.4 is 16.6 Å². The van der Waals surface area contributed by atoms with Crippen molar-refractivity contribution in [3.63, 3.8) is 0 Å². The lowest BCUT2D eigenvalue weighted by atomic mass is 9.98. The third-order valence-electron chi connectivity index (χ3n) is 7.06. The minimum atomic E-state index is -0.340. The molecule has 3 heterocycles. The van der Waals surface area contributed by atoms with Crippen LogP contribution in [0.25, 0.3) is 27.8 Å². The van der Waals surface area contributed by atoms with E-state index < -0.39 is 0 Å². The quantitative estimate of drug-likeness (QED) is 0.409. The summed E-state index contributed by atoms with van der Waals surface area (Å²) in [6.07, 6.45) is 0. The first-order valence-corrected chi connectivity index (χ1v) is 11.7. The number of aromatic nitrogens is 3. The summed E-state index contributed by atoms with van der Waals surface area (Å²) in [6.45, 7) is 4.11. The molecule has 0 aliphatic carbocycles. The SMILES string of the molecule is Cc1ccc(-c2c3c(=O)n(C)c(=O)n(C)c3c3n2-c2ccccc2N[C@@H]3c2ccc(C)cc2)cc1. The van der Waals surface area contributed by atoms with Crippen LogP contribution in [-0.2, 0) is 14.1 Å². The first-order valence-electron chi connectivity index (χ1n) is 11.7. The van der Waals surface area contributed by atoms with Gasteiger partial charge in [0.2, 0.25) is 0 Å². The summed E-state index contributed by atoms with van der Waals surface area (Å²) >= 11 is 0. The number of benzene rings is 3. The van der Waals surface area contributed by atoms with Crippen molar-refractivity contribution >= 4 is 16.6 Å². The molecule has 174 valence electrons. The van der Waals surface area contributed by atoms with Gasteiger partial charge in [-0.25, -0.2) is 4.79 Å². The van der Waals surface area contributed by atoms with Crippen molar-refractivity contribution in [2.45, 2.75) is 19.9 Å². The zero-order valence-electron chi connectivity index (χ0n) is 20.2. The molecule has 0 fully saturated rings. The molecule has 1 aliphatic heterocycles. The standard InChI is InChI=1S/C29H26N4O2/c1-17-9-13-19(14-10-17)24-27-26-23(28(34)32(4)29(35)31(26)3)25(20-15-11-18(2)12-16-20)33(27)22-8-6-5-7-21(22)30-24/h5-16,24,30H,1-4H3/t24-/m1/s1. The molecule has 0 saturated heterocycles. The summed E-state index contributed by atoms with van der Waals surface area (Å²) < 4.78 is 4.98. The minimum Gasteiger partial charge on any atom is -0.371 e. The number of nitrogens with zero attached hydrogens (tertiary/aromatic N) is 3. The Morgan fingerprint density at radius 1 is 0.771 bits per heavy atom. The van der Waals surface area contributed by atoms with Crippen molar-refractivity contribution in [1.82, 2.24) is 13.7 Å². The summed E-state index contributed by atoms with van der Waals surface area (Å²) in [7, 11) is 3.29. The second-order valence-electron chi connectivity index (χ2n) is 9.37. The molecule has 3 aromatic carbocycles. The minimum absolute atomic E-state index is 0.245. The average Bonchev–Trinajstić information content (AvgIpc) is 3.23. The van der Waals surface area contributed by atoms with E-state index in [0.29, 0.717) is 10.9 Å². The van der Waals surface area contributed by atoms with Crippen LogP contribution in [-0.4, -0.2) is 13.7 Å². The van der Waals surface area contributed by atoms with E-state index >= 15 is 0 Å². The van der Waals surface area contributed by atoms with E-state index in [4.69, 9.17) is 0 Å². The van der Waals surface area contributed by atoms with Crippen LogP contribution in [0.5, 0.6) is 0 Å². The van der Waals surface area contributed by atoms with E-state index in [1.165, 1.54) is 10.1 Å². The molecule has 5 aromatic rings. The van der Waals surface area contributed by atoms with E-state index in [-0.39, 0.29) is 17.3 Å². The Hall–Kier alpha value is -4.32. The van der Waals surface area contributed by atoms with Crippen LogP contribution in [0.2, 0.25) is 0 Å². The highest BCUT2D eigenvalue weighted by Crippen LogP contribution is 2.45. The summed E-state index contributed by atoms with van der Waals surface area (Å²) in [4.78, 5) is 26.8. The first-order chi connectivity index (χ1) is 16.9. The second-order valence-corrected chi connectivity index (χ2v) is 9.37. The Morgan fingerprint density at radius 2 is 1.40 bits per heavy atom. The molecular weight excluding hydrogens is 436 g/mol. The molecule has 0 radical (unpaired) electrons. The molecule has 35 heavy (non-hydrogen) atoms. The van der Waals surface area contributed by atoms with E-state index in [2.05, 4.69) is 65.3 Å². The number of anilines is 1. The van der Waals surface area contributed by atoms with Gasteiger partial charge in [0.1, 0.15) is 0 Å². The zero-order chi connectivity index (χ0) is 24.4. The monoisotopic (exact) mass is 462 g/mol. The van der Waals surface area contributed by atoms with Gasteiger partial charge in [0.15, 0.2) is 0 Å². The van der Waals surface area contributed by atoms with Gasteiger partial charge in [-0.15, -0.1) is 0 Å². The summed E-state index contributed by atoms with van der Waals surface area (Å²) in [5.41, 5.74) is 7.95. The van der Waals surface area contributed by atoms with Gasteiger partial charge in [-0.3, -0.25) is 13.9 Å². The van der Waals surface area contributed by atoms with Crippen LogP contribution in [0.15, 0.2) is 82.4 Å². The lowest BCUT2D eigenvalue weighted by Gasteiger charge is -2.31. The number of para-hydroxylation sites is 2. The average molecular weight is 463 g/mol. The van der Waals surface area contributed by atoms with Gasteiger partial charge in [0.05, 0.1) is 39.7 Å². The maximum Gasteiger partial charge on any atom is 0.331 e. The normalized spacial score (nSPS) is 14.5. The molecule has 6 nitrogen and oxygen atoms in total.